The quantitative estimate of drug-likeness (QED) is 0.0195. The maximum Gasteiger partial charge on any atom is 0.305 e. The molecule has 1 heterocycles. The lowest BCUT2D eigenvalue weighted by Gasteiger charge is -2.40. The van der Waals surface area contributed by atoms with Crippen LogP contribution in [0.25, 0.3) is 0 Å². The number of allylic oxidation sites excluding steroid dienone is 5. The van der Waals surface area contributed by atoms with E-state index in [-0.39, 0.29) is 18.5 Å². The Balaban J connectivity index is 1.86. The Morgan fingerprint density at radius 1 is 0.425 bits per heavy atom. The number of amides is 1. The van der Waals surface area contributed by atoms with Crippen LogP contribution in [0.15, 0.2) is 36.5 Å². The Morgan fingerprint density at radius 2 is 0.770 bits per heavy atom. The number of rotatable bonds is 67. The van der Waals surface area contributed by atoms with Crippen LogP contribution < -0.4 is 5.32 Å². The van der Waals surface area contributed by atoms with Gasteiger partial charge in [-0.2, -0.15) is 0 Å². The number of hydrogen-bond acceptors (Lipinski definition) is 10. The lowest BCUT2D eigenvalue weighted by atomic mass is 9.99. The predicted octanol–water partition coefficient (Wildman–Crippen LogP) is 19.7. The first-order valence-electron chi connectivity index (χ1n) is 37.8. The highest BCUT2D eigenvalue weighted by Crippen LogP contribution is 2.24. The van der Waals surface area contributed by atoms with Gasteiger partial charge in [-0.05, 0) is 64.2 Å². The van der Waals surface area contributed by atoms with E-state index in [0.717, 1.165) is 64.2 Å². The average molecular weight is 1230 g/mol. The number of aliphatic hydroxyl groups excluding tert-OH is 5. The lowest BCUT2D eigenvalue weighted by Crippen LogP contribution is -2.60. The van der Waals surface area contributed by atoms with Crippen LogP contribution in [0, 0.1) is 0 Å². The van der Waals surface area contributed by atoms with Crippen molar-refractivity contribution < 1.29 is 49.3 Å². The Bertz CT molecular complexity index is 1540. The zero-order valence-electron chi connectivity index (χ0n) is 57.0. The molecule has 0 radical (unpaired) electrons. The minimum atomic E-state index is -1.57. The molecule has 512 valence electrons. The molecular formula is C76H143NO10. The van der Waals surface area contributed by atoms with Gasteiger partial charge < -0.3 is 45.1 Å². The molecule has 1 fully saturated rings. The largest absolute Gasteiger partial charge is 0.466 e. The van der Waals surface area contributed by atoms with Crippen LogP contribution in [0.3, 0.4) is 0 Å². The van der Waals surface area contributed by atoms with Crippen molar-refractivity contribution in [3.8, 4) is 0 Å². The van der Waals surface area contributed by atoms with Gasteiger partial charge in [0.15, 0.2) is 6.29 Å². The zero-order chi connectivity index (χ0) is 63.0. The van der Waals surface area contributed by atoms with Crippen LogP contribution in [-0.2, 0) is 23.8 Å². The number of unbranched alkanes of at least 4 members (excludes halogenated alkanes) is 49. The monoisotopic (exact) mass is 1230 g/mol. The first-order valence-corrected chi connectivity index (χ1v) is 37.8. The number of ether oxygens (including phenoxy) is 3. The molecule has 1 saturated heterocycles. The van der Waals surface area contributed by atoms with Gasteiger partial charge in [-0.1, -0.05) is 333 Å². The summed E-state index contributed by atoms with van der Waals surface area (Å²) in [6.45, 7) is 4.34. The number of hydrogen-bond donors (Lipinski definition) is 6. The first kappa shape index (κ1) is 82.9. The molecule has 0 bridgehead atoms. The van der Waals surface area contributed by atoms with Crippen molar-refractivity contribution in [1.82, 2.24) is 5.32 Å². The molecule has 87 heavy (non-hydrogen) atoms. The molecule has 11 nitrogen and oxygen atoms in total. The lowest BCUT2D eigenvalue weighted by molar-refractivity contribution is -0.302. The maximum atomic E-state index is 13.0. The fourth-order valence-corrected chi connectivity index (χ4v) is 12.1. The van der Waals surface area contributed by atoms with Gasteiger partial charge >= 0.3 is 5.97 Å². The highest BCUT2D eigenvalue weighted by Gasteiger charge is 2.44. The molecule has 1 aliphatic rings. The summed E-state index contributed by atoms with van der Waals surface area (Å²) in [4.78, 5) is 25.1. The molecule has 0 aliphatic carbocycles. The number of carbonyl (C=O) groups excluding carboxylic acids is 2. The fourth-order valence-electron chi connectivity index (χ4n) is 12.1. The molecule has 7 unspecified atom stereocenters. The van der Waals surface area contributed by atoms with Gasteiger partial charge in [0.05, 0.1) is 32.0 Å². The van der Waals surface area contributed by atoms with E-state index < -0.39 is 49.5 Å². The Morgan fingerprint density at radius 3 is 1.17 bits per heavy atom. The van der Waals surface area contributed by atoms with Gasteiger partial charge in [0, 0.05) is 12.8 Å². The van der Waals surface area contributed by atoms with Gasteiger partial charge in [0.1, 0.15) is 24.4 Å². The molecule has 0 spiro atoms. The van der Waals surface area contributed by atoms with Crippen LogP contribution in [0.2, 0.25) is 0 Å². The molecule has 11 heteroatoms. The van der Waals surface area contributed by atoms with Gasteiger partial charge in [-0.3, -0.25) is 9.59 Å². The average Bonchev–Trinajstić information content (AvgIpc) is 3.04. The highest BCUT2D eigenvalue weighted by atomic mass is 16.7. The Hall–Kier alpha value is -2.12. The third-order valence-corrected chi connectivity index (χ3v) is 18.0. The normalized spacial score (nSPS) is 18.0. The maximum absolute atomic E-state index is 13.0. The van der Waals surface area contributed by atoms with Gasteiger partial charge in [-0.15, -0.1) is 0 Å². The van der Waals surface area contributed by atoms with E-state index in [2.05, 4.69) is 43.5 Å². The smallest absolute Gasteiger partial charge is 0.305 e. The molecular weight excluding hydrogens is 1090 g/mol. The second-order valence-electron chi connectivity index (χ2n) is 26.4. The number of carbonyl (C=O) groups is 2. The van der Waals surface area contributed by atoms with Gasteiger partial charge in [0.25, 0.3) is 0 Å². The predicted molar refractivity (Wildman–Crippen MR) is 366 cm³/mol. The zero-order valence-corrected chi connectivity index (χ0v) is 57.0. The van der Waals surface area contributed by atoms with E-state index in [9.17, 15) is 35.1 Å². The van der Waals surface area contributed by atoms with Crippen LogP contribution in [-0.4, -0.2) is 100 Å². The second kappa shape index (κ2) is 65.4. The third kappa shape index (κ3) is 54.2. The Kier molecular flexibility index (Phi) is 62.3. The standard InChI is InChI=1S/C76H143NO10/c1-3-5-7-9-11-13-14-15-16-17-35-38-41-44-48-52-56-60-64-72(81)85-65-61-57-53-49-45-42-39-36-33-31-29-27-25-23-21-19-18-20-22-24-26-28-30-32-34-37-40-43-47-51-55-59-63-71(80)77-68(69(79)62-58-54-50-46-12-10-8-6-4-2)67-86-76-75(84)74(83)73(82)70(66-78)87-76/h13-14,16-17,58,62,68-70,73-76,78-79,82-84H,3-12,15,18-57,59-61,63-67H2,1-2H3,(H,77,80)/b14-13-,17-16-,62-58+. The summed E-state index contributed by atoms with van der Waals surface area (Å²) in [7, 11) is 0. The fraction of sp³-hybridized carbons (Fsp3) is 0.895. The van der Waals surface area contributed by atoms with E-state index in [0.29, 0.717) is 19.4 Å². The summed E-state index contributed by atoms with van der Waals surface area (Å²) >= 11 is 0. The SMILES string of the molecule is CCCCCC/C=C\C/C=C\CCCCCCCCCC(=O)OCCCCCCCCCCCCCCCCCCCCCCCCCCCCCCCCCCC(=O)NC(COC1OC(CO)C(O)C(O)C1O)C(O)/C=C/CCCCCCCCC. The van der Waals surface area contributed by atoms with Crippen molar-refractivity contribution in [2.24, 2.45) is 0 Å². The van der Waals surface area contributed by atoms with Crippen LogP contribution in [0.1, 0.15) is 373 Å². The number of nitrogens with one attached hydrogen (secondary N) is 1. The topological polar surface area (TPSA) is 175 Å². The molecule has 0 aromatic carbocycles. The molecule has 0 saturated carbocycles. The summed E-state index contributed by atoms with van der Waals surface area (Å²) in [5.41, 5.74) is 0. The highest BCUT2D eigenvalue weighted by molar-refractivity contribution is 5.76. The summed E-state index contributed by atoms with van der Waals surface area (Å²) in [5, 5.41) is 54.3. The number of aliphatic hydroxyl groups is 5. The molecule has 1 rings (SSSR count). The van der Waals surface area contributed by atoms with Crippen molar-refractivity contribution in [3.05, 3.63) is 36.5 Å². The third-order valence-electron chi connectivity index (χ3n) is 18.0. The Labute approximate surface area is 536 Å². The van der Waals surface area contributed by atoms with Gasteiger partial charge in [0.2, 0.25) is 5.91 Å². The summed E-state index contributed by atoms with van der Waals surface area (Å²) in [6, 6.07) is -0.805. The molecule has 0 aromatic heterocycles. The van der Waals surface area contributed by atoms with Crippen molar-refractivity contribution >= 4 is 11.9 Å². The van der Waals surface area contributed by atoms with Crippen molar-refractivity contribution in [3.63, 3.8) is 0 Å². The van der Waals surface area contributed by atoms with E-state index in [1.165, 1.54) is 283 Å². The van der Waals surface area contributed by atoms with Gasteiger partial charge in [-0.25, -0.2) is 0 Å². The van der Waals surface area contributed by atoms with Crippen molar-refractivity contribution in [1.29, 1.82) is 0 Å². The van der Waals surface area contributed by atoms with E-state index in [1.807, 2.05) is 6.08 Å². The molecule has 7 atom stereocenters. The minimum Gasteiger partial charge on any atom is -0.466 e. The van der Waals surface area contributed by atoms with E-state index in [1.54, 1.807) is 6.08 Å². The molecule has 1 aliphatic heterocycles. The summed E-state index contributed by atoms with van der Waals surface area (Å²) in [6.07, 6.45) is 74.6. The van der Waals surface area contributed by atoms with E-state index >= 15 is 0 Å². The second-order valence-corrected chi connectivity index (χ2v) is 26.4. The number of esters is 1. The van der Waals surface area contributed by atoms with Crippen LogP contribution in [0.4, 0.5) is 0 Å². The minimum absolute atomic E-state index is 0.00668. The van der Waals surface area contributed by atoms with Crippen LogP contribution in [0.5, 0.6) is 0 Å². The first-order chi connectivity index (χ1) is 42.7. The summed E-state index contributed by atoms with van der Waals surface area (Å²) < 4.78 is 16.7. The van der Waals surface area contributed by atoms with Crippen molar-refractivity contribution in [2.75, 3.05) is 19.8 Å². The molecule has 6 N–H and O–H groups in total. The van der Waals surface area contributed by atoms with Crippen molar-refractivity contribution in [2.45, 2.75) is 416 Å². The van der Waals surface area contributed by atoms with E-state index in [4.69, 9.17) is 14.2 Å². The van der Waals surface area contributed by atoms with Crippen LogP contribution >= 0.6 is 0 Å². The molecule has 1 amide bonds. The summed E-state index contributed by atoms with van der Waals surface area (Å²) in [5.74, 6) is -0.171. The molecule has 0 aromatic rings.